The minimum absolute atomic E-state index is 0.168. The van der Waals surface area contributed by atoms with Crippen molar-refractivity contribution in [2.75, 3.05) is 37.6 Å². The Labute approximate surface area is 143 Å². The molecule has 0 aliphatic carbocycles. The molecule has 2 fully saturated rings. The molecule has 0 saturated carbocycles. The third kappa shape index (κ3) is 3.78. The lowest BCUT2D eigenvalue weighted by molar-refractivity contribution is -0.138. The summed E-state index contributed by atoms with van der Waals surface area (Å²) in [4.78, 5) is 26.5. The summed E-state index contributed by atoms with van der Waals surface area (Å²) in [6, 6.07) is 5.99. The number of anilines is 1. The average Bonchev–Trinajstić information content (AvgIpc) is 3.02. The number of piperidine rings is 1. The molecule has 0 amide bonds. The molecular weight excluding hydrogens is 304 g/mol. The molecule has 5 nitrogen and oxygen atoms in total. The van der Waals surface area contributed by atoms with Gasteiger partial charge in [0.25, 0.3) is 0 Å². The first kappa shape index (κ1) is 17.0. The molecule has 2 heterocycles. The van der Waals surface area contributed by atoms with Crippen LogP contribution in [-0.2, 0) is 4.79 Å². The van der Waals surface area contributed by atoms with E-state index in [1.54, 1.807) is 0 Å². The predicted molar refractivity (Wildman–Crippen MR) is 93.7 cm³/mol. The summed E-state index contributed by atoms with van der Waals surface area (Å²) < 4.78 is 0. The second kappa shape index (κ2) is 7.34. The van der Waals surface area contributed by atoms with Crippen LogP contribution in [0.15, 0.2) is 18.2 Å². The fraction of sp³-hybridized carbons (Fsp3) is 0.579. The van der Waals surface area contributed by atoms with Crippen LogP contribution in [0, 0.1) is 18.8 Å². The zero-order chi connectivity index (χ0) is 17.1. The number of nitrogens with zero attached hydrogens (tertiary/aromatic N) is 2. The third-order valence-corrected chi connectivity index (χ3v) is 5.53. The minimum atomic E-state index is -0.730. The Hall–Kier alpha value is -1.88. The van der Waals surface area contributed by atoms with Crippen molar-refractivity contribution >= 4 is 17.9 Å². The van der Waals surface area contributed by atoms with E-state index in [9.17, 15) is 9.59 Å². The quantitative estimate of drug-likeness (QED) is 0.840. The van der Waals surface area contributed by atoms with E-state index in [1.807, 2.05) is 12.1 Å². The second-order valence-electron chi connectivity index (χ2n) is 7.18. The Kier molecular flexibility index (Phi) is 5.19. The highest BCUT2D eigenvalue weighted by Gasteiger charge is 2.32. The first-order chi connectivity index (χ1) is 11.6. The van der Waals surface area contributed by atoms with E-state index in [4.69, 9.17) is 5.11 Å². The molecular formula is C19H26N2O3. The van der Waals surface area contributed by atoms with Crippen LogP contribution in [0.4, 0.5) is 5.69 Å². The van der Waals surface area contributed by atoms with E-state index in [2.05, 4.69) is 22.8 Å². The number of likely N-dealkylation sites (tertiary alicyclic amines) is 1. The van der Waals surface area contributed by atoms with Gasteiger partial charge < -0.3 is 10.0 Å². The van der Waals surface area contributed by atoms with Crippen molar-refractivity contribution in [2.24, 2.45) is 11.8 Å². The zero-order valence-corrected chi connectivity index (χ0v) is 14.3. The molecule has 2 aliphatic rings. The molecule has 1 aromatic carbocycles. The lowest BCUT2D eigenvalue weighted by Gasteiger charge is -2.36. The van der Waals surface area contributed by atoms with Crippen molar-refractivity contribution < 1.29 is 14.7 Å². The minimum Gasteiger partial charge on any atom is -0.480 e. The van der Waals surface area contributed by atoms with Crippen LogP contribution >= 0.6 is 0 Å². The highest BCUT2D eigenvalue weighted by molar-refractivity contribution is 5.85. The second-order valence-corrected chi connectivity index (χ2v) is 7.18. The molecule has 0 spiro atoms. The summed E-state index contributed by atoms with van der Waals surface area (Å²) in [5.41, 5.74) is 3.01. The topological polar surface area (TPSA) is 60.9 Å². The van der Waals surface area contributed by atoms with Gasteiger partial charge >= 0.3 is 5.97 Å². The highest BCUT2D eigenvalue weighted by Crippen LogP contribution is 2.34. The summed E-state index contributed by atoms with van der Waals surface area (Å²) in [7, 11) is 0. The van der Waals surface area contributed by atoms with Crippen molar-refractivity contribution in [3.05, 3.63) is 29.3 Å². The molecule has 0 aromatic heterocycles. The van der Waals surface area contributed by atoms with Crippen molar-refractivity contribution in [1.82, 2.24) is 4.90 Å². The van der Waals surface area contributed by atoms with Gasteiger partial charge in [-0.1, -0.05) is 6.07 Å². The van der Waals surface area contributed by atoms with E-state index in [0.29, 0.717) is 11.8 Å². The van der Waals surface area contributed by atoms with Gasteiger partial charge in [0, 0.05) is 30.9 Å². The van der Waals surface area contributed by atoms with Gasteiger partial charge in [-0.25, -0.2) is 0 Å². The average molecular weight is 330 g/mol. The monoisotopic (exact) mass is 330 g/mol. The highest BCUT2D eigenvalue weighted by atomic mass is 16.4. The van der Waals surface area contributed by atoms with Crippen LogP contribution in [0.2, 0.25) is 0 Å². The summed E-state index contributed by atoms with van der Waals surface area (Å²) in [6.45, 7) is 6.00. The van der Waals surface area contributed by atoms with Crippen LogP contribution < -0.4 is 4.90 Å². The predicted octanol–water partition coefficient (Wildman–Crippen LogP) is 2.43. The van der Waals surface area contributed by atoms with E-state index in [-0.39, 0.29) is 6.54 Å². The number of aliphatic carboxylic acids is 1. The number of carbonyl (C=O) groups is 2. The van der Waals surface area contributed by atoms with Gasteiger partial charge in [-0.05, 0) is 62.3 Å². The zero-order valence-electron chi connectivity index (χ0n) is 14.3. The van der Waals surface area contributed by atoms with Gasteiger partial charge in [0.15, 0.2) is 6.29 Å². The van der Waals surface area contributed by atoms with E-state index < -0.39 is 5.97 Å². The maximum atomic E-state index is 11.3. The van der Waals surface area contributed by atoms with Gasteiger partial charge in [0.05, 0.1) is 6.54 Å². The molecule has 2 saturated heterocycles. The van der Waals surface area contributed by atoms with Crippen LogP contribution in [0.5, 0.6) is 0 Å². The molecule has 1 unspecified atom stereocenters. The van der Waals surface area contributed by atoms with Crippen molar-refractivity contribution in [1.29, 1.82) is 0 Å². The molecule has 1 atom stereocenters. The normalized spacial score (nSPS) is 22.7. The molecule has 3 rings (SSSR count). The summed E-state index contributed by atoms with van der Waals surface area (Å²) in [5, 5.41) is 8.93. The van der Waals surface area contributed by atoms with Crippen LogP contribution in [0.1, 0.15) is 35.2 Å². The standard InChI is InChI=1S/C19H26N2O3/c1-14-2-3-17(13-22)18(10-14)21-8-5-15(6-9-21)16-4-7-20(11-16)12-19(23)24/h2-3,10,13,15-16H,4-9,11-12H2,1H3,(H,23,24). The van der Waals surface area contributed by atoms with Crippen molar-refractivity contribution in [3.63, 3.8) is 0 Å². The lowest BCUT2D eigenvalue weighted by Crippen LogP contribution is -2.37. The summed E-state index contributed by atoms with van der Waals surface area (Å²) in [5.74, 6) is 0.561. The Bertz CT molecular complexity index is 609. The Morgan fingerprint density at radius 2 is 1.92 bits per heavy atom. The van der Waals surface area contributed by atoms with Crippen LogP contribution in [0.3, 0.4) is 0 Å². The Balaban J connectivity index is 1.58. The summed E-state index contributed by atoms with van der Waals surface area (Å²) >= 11 is 0. The Morgan fingerprint density at radius 3 is 2.58 bits per heavy atom. The van der Waals surface area contributed by atoms with Gasteiger partial charge in [-0.3, -0.25) is 14.5 Å². The van der Waals surface area contributed by atoms with Crippen LogP contribution in [0.25, 0.3) is 0 Å². The third-order valence-electron chi connectivity index (χ3n) is 5.53. The number of carbonyl (C=O) groups excluding carboxylic acids is 1. The maximum Gasteiger partial charge on any atom is 0.317 e. The van der Waals surface area contributed by atoms with Crippen molar-refractivity contribution in [3.8, 4) is 0 Å². The number of hydrogen-bond acceptors (Lipinski definition) is 4. The maximum absolute atomic E-state index is 11.3. The molecule has 130 valence electrons. The first-order valence-electron chi connectivity index (χ1n) is 8.81. The SMILES string of the molecule is Cc1ccc(C=O)c(N2CCC(C3CCN(CC(=O)O)C3)CC2)c1. The number of hydrogen-bond donors (Lipinski definition) is 1. The van der Waals surface area contributed by atoms with Gasteiger partial charge in [0.2, 0.25) is 0 Å². The first-order valence-corrected chi connectivity index (χ1v) is 8.81. The fourth-order valence-electron chi connectivity index (χ4n) is 4.22. The molecule has 0 bridgehead atoms. The molecule has 1 aromatic rings. The van der Waals surface area contributed by atoms with Gasteiger partial charge in [-0.2, -0.15) is 0 Å². The smallest absolute Gasteiger partial charge is 0.317 e. The van der Waals surface area contributed by atoms with Gasteiger partial charge in [-0.15, -0.1) is 0 Å². The number of carboxylic acids is 1. The molecule has 1 N–H and O–H groups in total. The lowest BCUT2D eigenvalue weighted by atomic mass is 9.83. The van der Waals surface area contributed by atoms with Gasteiger partial charge in [0.1, 0.15) is 0 Å². The van der Waals surface area contributed by atoms with E-state index in [0.717, 1.165) is 63.0 Å². The number of aryl methyl sites for hydroxylation is 1. The number of carboxylic acid groups (broad SMARTS) is 1. The van der Waals surface area contributed by atoms with Crippen LogP contribution in [-0.4, -0.2) is 55.0 Å². The number of aldehydes is 1. The largest absolute Gasteiger partial charge is 0.480 e. The van der Waals surface area contributed by atoms with Crippen molar-refractivity contribution in [2.45, 2.75) is 26.2 Å². The van der Waals surface area contributed by atoms with E-state index in [1.165, 1.54) is 5.56 Å². The molecule has 2 aliphatic heterocycles. The number of rotatable bonds is 5. The number of benzene rings is 1. The molecule has 24 heavy (non-hydrogen) atoms. The fourth-order valence-corrected chi connectivity index (χ4v) is 4.22. The summed E-state index contributed by atoms with van der Waals surface area (Å²) in [6.07, 6.45) is 4.30. The molecule has 0 radical (unpaired) electrons. The van der Waals surface area contributed by atoms with E-state index >= 15 is 0 Å². The Morgan fingerprint density at radius 1 is 1.21 bits per heavy atom. The molecule has 5 heteroatoms.